The number of likely N-dealkylation sites (N-methyl/N-ethyl adjacent to an activating group) is 1. The molecule has 1 aliphatic rings. The molecule has 134 valence electrons. The first kappa shape index (κ1) is 19.8. The first-order valence-electron chi connectivity index (χ1n) is 7.76. The smallest absolute Gasteiger partial charge is 0.317 e. The summed E-state index contributed by atoms with van der Waals surface area (Å²) < 4.78 is 5.74. The van der Waals surface area contributed by atoms with Crippen LogP contribution in [0.3, 0.4) is 0 Å². The van der Waals surface area contributed by atoms with Crippen LogP contribution in [0.15, 0.2) is 23.1 Å². The number of carbonyl (C=O) groups is 1. The molecule has 0 radical (unpaired) electrons. The monoisotopic (exact) mass is 392 g/mol. The van der Waals surface area contributed by atoms with Gasteiger partial charge in [0.25, 0.3) is 0 Å². The van der Waals surface area contributed by atoms with E-state index in [-0.39, 0.29) is 12.6 Å². The maximum absolute atomic E-state index is 10.7. The summed E-state index contributed by atoms with van der Waals surface area (Å²) in [4.78, 5) is 15.8. The zero-order chi connectivity index (χ0) is 17.5. The van der Waals surface area contributed by atoms with Crippen molar-refractivity contribution in [2.24, 2.45) is 0 Å². The number of hydrogen-bond acceptors (Lipinski definition) is 5. The standard InChI is InChI=1S/C16H22Cl2N2O3S/c1-19(11-16(21)22)9-13-10-20(4-6-23-13)5-7-24-15-8-12(17)2-3-14(15)18/h2-3,8,13H,4-7,9-11H2,1H3,(H,21,22). The van der Waals surface area contributed by atoms with Gasteiger partial charge in [-0.3, -0.25) is 14.6 Å². The Balaban J connectivity index is 1.74. The van der Waals surface area contributed by atoms with Gasteiger partial charge in [-0.25, -0.2) is 0 Å². The van der Waals surface area contributed by atoms with E-state index in [2.05, 4.69) is 4.90 Å². The van der Waals surface area contributed by atoms with E-state index in [4.69, 9.17) is 33.0 Å². The molecule has 1 unspecified atom stereocenters. The molecule has 1 aromatic carbocycles. The molecule has 1 heterocycles. The zero-order valence-electron chi connectivity index (χ0n) is 13.6. The van der Waals surface area contributed by atoms with Crippen molar-refractivity contribution in [1.29, 1.82) is 0 Å². The molecule has 0 aliphatic carbocycles. The molecule has 5 nitrogen and oxygen atoms in total. The van der Waals surface area contributed by atoms with Crippen LogP contribution in [0.5, 0.6) is 0 Å². The molecular formula is C16H22Cl2N2O3S. The zero-order valence-corrected chi connectivity index (χ0v) is 15.9. The number of nitrogens with zero attached hydrogens (tertiary/aromatic N) is 2. The van der Waals surface area contributed by atoms with Gasteiger partial charge in [0.05, 0.1) is 24.3 Å². The fourth-order valence-electron chi connectivity index (χ4n) is 2.61. The van der Waals surface area contributed by atoms with Crippen LogP contribution in [0, 0.1) is 0 Å². The summed E-state index contributed by atoms with van der Waals surface area (Å²) in [5.41, 5.74) is 0. The third-order valence-electron chi connectivity index (χ3n) is 3.70. The maximum atomic E-state index is 10.7. The second kappa shape index (κ2) is 9.85. The van der Waals surface area contributed by atoms with Gasteiger partial charge in [-0.1, -0.05) is 23.2 Å². The Morgan fingerprint density at radius 1 is 1.50 bits per heavy atom. The van der Waals surface area contributed by atoms with Gasteiger partial charge in [-0.05, 0) is 25.2 Å². The van der Waals surface area contributed by atoms with Crippen molar-refractivity contribution in [2.45, 2.75) is 11.0 Å². The van der Waals surface area contributed by atoms with Gasteiger partial charge in [0.15, 0.2) is 0 Å². The van der Waals surface area contributed by atoms with Crippen LogP contribution in [0.4, 0.5) is 0 Å². The Bertz CT molecular complexity index is 562. The van der Waals surface area contributed by atoms with Gasteiger partial charge in [-0.2, -0.15) is 0 Å². The average molecular weight is 393 g/mol. The van der Waals surface area contributed by atoms with Crippen molar-refractivity contribution in [3.63, 3.8) is 0 Å². The van der Waals surface area contributed by atoms with Crippen molar-refractivity contribution < 1.29 is 14.6 Å². The molecule has 1 atom stereocenters. The lowest BCUT2D eigenvalue weighted by molar-refractivity contribution is -0.138. The van der Waals surface area contributed by atoms with E-state index in [1.807, 2.05) is 12.1 Å². The van der Waals surface area contributed by atoms with Crippen molar-refractivity contribution in [1.82, 2.24) is 9.80 Å². The first-order valence-corrected chi connectivity index (χ1v) is 9.50. The van der Waals surface area contributed by atoms with E-state index < -0.39 is 5.97 Å². The van der Waals surface area contributed by atoms with Gasteiger partial charge in [0, 0.05) is 41.8 Å². The summed E-state index contributed by atoms with van der Waals surface area (Å²) in [6.07, 6.45) is 0.0443. The SMILES string of the molecule is CN(CC(=O)O)CC1CN(CCSc2cc(Cl)ccc2Cl)CCO1. The number of rotatable bonds is 8. The number of carboxylic acids is 1. The highest BCUT2D eigenvalue weighted by molar-refractivity contribution is 7.99. The molecule has 0 bridgehead atoms. The van der Waals surface area contributed by atoms with E-state index in [9.17, 15) is 4.79 Å². The van der Waals surface area contributed by atoms with Crippen LogP contribution in [0.2, 0.25) is 10.0 Å². The van der Waals surface area contributed by atoms with Crippen molar-refractivity contribution in [2.75, 3.05) is 52.1 Å². The summed E-state index contributed by atoms with van der Waals surface area (Å²) >= 11 is 13.9. The number of carboxylic acid groups (broad SMARTS) is 1. The lowest BCUT2D eigenvalue weighted by Gasteiger charge is -2.34. The van der Waals surface area contributed by atoms with Crippen LogP contribution in [-0.4, -0.2) is 79.1 Å². The molecular weight excluding hydrogens is 371 g/mol. The van der Waals surface area contributed by atoms with E-state index >= 15 is 0 Å². The minimum atomic E-state index is -0.819. The minimum absolute atomic E-state index is 0.0307. The number of halogens is 2. The van der Waals surface area contributed by atoms with Crippen molar-refractivity contribution in [3.8, 4) is 0 Å². The molecule has 8 heteroatoms. The Hall–Kier alpha value is -0.500. The van der Waals surface area contributed by atoms with E-state index in [0.29, 0.717) is 18.2 Å². The molecule has 0 amide bonds. The number of benzene rings is 1. The van der Waals surface area contributed by atoms with Crippen LogP contribution >= 0.6 is 35.0 Å². The third kappa shape index (κ3) is 6.78. The van der Waals surface area contributed by atoms with Gasteiger partial charge in [0.1, 0.15) is 0 Å². The molecule has 0 spiro atoms. The number of morpholine rings is 1. The van der Waals surface area contributed by atoms with Crippen LogP contribution in [-0.2, 0) is 9.53 Å². The van der Waals surface area contributed by atoms with E-state index in [0.717, 1.165) is 35.3 Å². The second-order valence-electron chi connectivity index (χ2n) is 5.81. The number of hydrogen-bond donors (Lipinski definition) is 1. The molecule has 1 N–H and O–H groups in total. The fourth-order valence-corrected chi connectivity index (χ4v) is 4.11. The van der Waals surface area contributed by atoms with Crippen LogP contribution in [0.1, 0.15) is 0 Å². The molecule has 1 fully saturated rings. The van der Waals surface area contributed by atoms with Gasteiger partial charge >= 0.3 is 5.97 Å². The number of ether oxygens (including phenoxy) is 1. The third-order valence-corrected chi connectivity index (χ3v) is 5.41. The minimum Gasteiger partial charge on any atom is -0.480 e. The number of aliphatic carboxylic acids is 1. The highest BCUT2D eigenvalue weighted by Crippen LogP contribution is 2.29. The van der Waals surface area contributed by atoms with Crippen molar-refractivity contribution in [3.05, 3.63) is 28.2 Å². The maximum Gasteiger partial charge on any atom is 0.317 e. The summed E-state index contributed by atoms with van der Waals surface area (Å²) in [7, 11) is 1.80. The Morgan fingerprint density at radius 2 is 2.29 bits per heavy atom. The quantitative estimate of drug-likeness (QED) is 0.686. The molecule has 0 saturated carbocycles. The van der Waals surface area contributed by atoms with E-state index in [1.165, 1.54) is 0 Å². The molecule has 0 aromatic heterocycles. The second-order valence-corrected chi connectivity index (χ2v) is 7.79. The van der Waals surface area contributed by atoms with Crippen molar-refractivity contribution >= 4 is 40.9 Å². The Kier molecular flexibility index (Phi) is 8.13. The molecule has 1 aromatic rings. The fraction of sp³-hybridized carbons (Fsp3) is 0.562. The van der Waals surface area contributed by atoms with E-state index in [1.54, 1.807) is 29.8 Å². The summed E-state index contributed by atoms with van der Waals surface area (Å²) in [5.74, 6) is 0.0950. The van der Waals surface area contributed by atoms with Gasteiger partial charge in [0.2, 0.25) is 0 Å². The number of thioether (sulfide) groups is 1. The molecule has 24 heavy (non-hydrogen) atoms. The summed E-state index contributed by atoms with van der Waals surface area (Å²) in [6, 6.07) is 5.49. The highest BCUT2D eigenvalue weighted by atomic mass is 35.5. The molecule has 2 rings (SSSR count). The largest absolute Gasteiger partial charge is 0.480 e. The predicted molar refractivity (Wildman–Crippen MR) is 98.5 cm³/mol. The Labute approximate surface area is 156 Å². The Morgan fingerprint density at radius 3 is 3.04 bits per heavy atom. The average Bonchev–Trinajstić information content (AvgIpc) is 2.50. The first-order chi connectivity index (χ1) is 11.4. The topological polar surface area (TPSA) is 53.0 Å². The molecule has 1 aliphatic heterocycles. The van der Waals surface area contributed by atoms with Gasteiger partial charge < -0.3 is 9.84 Å². The van der Waals surface area contributed by atoms with Gasteiger partial charge in [-0.15, -0.1) is 11.8 Å². The normalized spacial score (nSPS) is 18.9. The van der Waals surface area contributed by atoms with Crippen LogP contribution in [0.25, 0.3) is 0 Å². The van der Waals surface area contributed by atoms with Crippen LogP contribution < -0.4 is 0 Å². The summed E-state index contributed by atoms with van der Waals surface area (Å²) in [6.45, 7) is 3.96. The predicted octanol–water partition coefficient (Wildman–Crippen LogP) is 2.80. The summed E-state index contributed by atoms with van der Waals surface area (Å²) in [5, 5.41) is 10.2. The lowest BCUT2D eigenvalue weighted by Crippen LogP contribution is -2.48. The molecule has 1 saturated heterocycles. The highest BCUT2D eigenvalue weighted by Gasteiger charge is 2.22. The lowest BCUT2D eigenvalue weighted by atomic mass is 10.2.